The van der Waals surface area contributed by atoms with Crippen LogP contribution in [0.2, 0.25) is 0 Å². The van der Waals surface area contributed by atoms with Crippen LogP contribution in [-0.4, -0.2) is 107 Å². The van der Waals surface area contributed by atoms with Gasteiger partial charge in [-0.15, -0.1) is 0 Å². The van der Waals surface area contributed by atoms with Crippen LogP contribution in [0.4, 0.5) is 0 Å². The van der Waals surface area contributed by atoms with E-state index in [0.29, 0.717) is 12.0 Å². The molecule has 0 aromatic heterocycles. The van der Waals surface area contributed by atoms with E-state index < -0.39 is 73.3 Å². The minimum atomic E-state index is -1.64. The summed E-state index contributed by atoms with van der Waals surface area (Å²) in [7, 11) is 1.22. The molecule has 2 aliphatic heterocycles. The Hall–Kier alpha value is -2.52. The third-order valence-corrected chi connectivity index (χ3v) is 7.04. The molecule has 0 saturated carbocycles. The Morgan fingerprint density at radius 3 is 2.39 bits per heavy atom. The predicted molar refractivity (Wildman–Crippen MR) is 126 cm³/mol. The van der Waals surface area contributed by atoms with Crippen molar-refractivity contribution in [2.75, 3.05) is 26.9 Å². The molecule has 5 unspecified atom stereocenters. The Morgan fingerprint density at radius 1 is 1.03 bits per heavy atom. The molecule has 3 rings (SSSR count). The van der Waals surface area contributed by atoms with Crippen molar-refractivity contribution in [2.24, 2.45) is 17.8 Å². The van der Waals surface area contributed by atoms with Gasteiger partial charge in [-0.1, -0.05) is 13.0 Å². The smallest absolute Gasteiger partial charge is 0.311 e. The second-order valence-electron chi connectivity index (χ2n) is 9.40. The van der Waals surface area contributed by atoms with Gasteiger partial charge < -0.3 is 54.3 Å². The molecule has 13 heteroatoms. The average Bonchev–Trinajstić information content (AvgIpc) is 2.90. The number of hydrogen-bond donors (Lipinski definition) is 6. The number of ether oxygens (including phenoxy) is 5. The van der Waals surface area contributed by atoms with Gasteiger partial charge in [0.25, 0.3) is 0 Å². The minimum Gasteiger partial charge on any atom is -0.504 e. The first-order chi connectivity index (χ1) is 18.1. The van der Waals surface area contributed by atoms with Crippen molar-refractivity contribution in [3.8, 4) is 11.5 Å². The van der Waals surface area contributed by atoms with E-state index in [2.05, 4.69) is 0 Å². The summed E-state index contributed by atoms with van der Waals surface area (Å²) >= 11 is 0. The molecule has 9 atom stereocenters. The minimum absolute atomic E-state index is 0.00322. The molecule has 0 radical (unpaired) electrons. The molecule has 38 heavy (non-hydrogen) atoms. The van der Waals surface area contributed by atoms with Crippen molar-refractivity contribution in [3.63, 3.8) is 0 Å². The Balaban J connectivity index is 1.67. The molecule has 0 spiro atoms. The number of phenols is 2. The molecular formula is C25H36O13. The van der Waals surface area contributed by atoms with Crippen molar-refractivity contribution in [1.82, 2.24) is 0 Å². The van der Waals surface area contributed by atoms with Gasteiger partial charge in [0, 0.05) is 18.8 Å². The first kappa shape index (κ1) is 30.0. The zero-order valence-electron chi connectivity index (χ0n) is 21.2. The van der Waals surface area contributed by atoms with Gasteiger partial charge in [-0.05, 0) is 30.0 Å². The van der Waals surface area contributed by atoms with Gasteiger partial charge in [0.15, 0.2) is 24.1 Å². The van der Waals surface area contributed by atoms with Gasteiger partial charge in [-0.3, -0.25) is 9.59 Å². The topological polar surface area (TPSA) is 202 Å². The summed E-state index contributed by atoms with van der Waals surface area (Å²) in [6.07, 6.45) is -8.01. The van der Waals surface area contributed by atoms with Gasteiger partial charge in [0.05, 0.1) is 32.8 Å². The lowest BCUT2D eigenvalue weighted by Crippen LogP contribution is -2.60. The first-order valence-corrected chi connectivity index (χ1v) is 12.4. The maximum atomic E-state index is 12.8. The van der Waals surface area contributed by atoms with Gasteiger partial charge in [0.1, 0.15) is 24.4 Å². The van der Waals surface area contributed by atoms with E-state index >= 15 is 0 Å². The lowest BCUT2D eigenvalue weighted by Gasteiger charge is -2.45. The Kier molecular flexibility index (Phi) is 10.7. The first-order valence-electron chi connectivity index (χ1n) is 12.4. The third kappa shape index (κ3) is 6.91. The lowest BCUT2D eigenvalue weighted by atomic mass is 9.76. The number of rotatable bonds is 10. The second-order valence-corrected chi connectivity index (χ2v) is 9.40. The highest BCUT2D eigenvalue weighted by Gasteiger charge is 2.49. The number of aliphatic hydroxyl groups is 4. The van der Waals surface area contributed by atoms with Crippen LogP contribution >= 0.6 is 0 Å². The molecule has 1 aromatic rings. The number of hydrogen-bond acceptors (Lipinski definition) is 13. The molecule has 6 N–H and O–H groups in total. The molecule has 0 amide bonds. The van der Waals surface area contributed by atoms with Crippen molar-refractivity contribution < 1.29 is 63.9 Å². The van der Waals surface area contributed by atoms with Crippen molar-refractivity contribution in [1.29, 1.82) is 0 Å². The van der Waals surface area contributed by atoms with E-state index in [1.807, 2.05) is 0 Å². The van der Waals surface area contributed by atoms with Gasteiger partial charge >= 0.3 is 11.9 Å². The van der Waals surface area contributed by atoms with E-state index in [1.165, 1.54) is 19.2 Å². The maximum Gasteiger partial charge on any atom is 0.311 e. The molecule has 0 aliphatic carbocycles. The Labute approximate surface area is 219 Å². The summed E-state index contributed by atoms with van der Waals surface area (Å²) in [4.78, 5) is 25.2. The van der Waals surface area contributed by atoms with Crippen LogP contribution in [-0.2, 0) is 39.7 Å². The van der Waals surface area contributed by atoms with Crippen LogP contribution in [0.5, 0.6) is 11.5 Å². The molecule has 214 valence electrons. The van der Waals surface area contributed by atoms with Crippen LogP contribution in [0.3, 0.4) is 0 Å². The van der Waals surface area contributed by atoms with Crippen molar-refractivity contribution >= 4 is 11.9 Å². The highest BCUT2D eigenvalue weighted by atomic mass is 16.8. The fraction of sp³-hybridized carbons (Fsp3) is 0.680. The lowest BCUT2D eigenvalue weighted by molar-refractivity contribution is -0.354. The number of carbonyl (C=O) groups excluding carboxylic acids is 2. The van der Waals surface area contributed by atoms with Crippen LogP contribution in [0.25, 0.3) is 0 Å². The molecule has 13 nitrogen and oxygen atoms in total. The number of aromatic hydroxyl groups is 2. The van der Waals surface area contributed by atoms with Crippen LogP contribution in [0, 0.1) is 17.8 Å². The quantitative estimate of drug-likeness (QED) is 0.158. The molecule has 0 bridgehead atoms. The van der Waals surface area contributed by atoms with E-state index in [0.717, 1.165) is 0 Å². The SMILES string of the molecule is CCC1C(OC2O[C@H](CO)[C@@H](O)[C@H](O)[C@H]2O)OCC(C(=O)OC)C1CC(=O)OCCc1ccc(O)c(O)c1. The fourth-order valence-electron chi connectivity index (χ4n) is 4.84. The second kappa shape index (κ2) is 13.5. The fourth-order valence-corrected chi connectivity index (χ4v) is 4.84. The van der Waals surface area contributed by atoms with Crippen LogP contribution in [0.1, 0.15) is 25.3 Å². The summed E-state index contributed by atoms with van der Waals surface area (Å²) in [5.74, 6) is -3.69. The molecule has 2 fully saturated rings. The van der Waals surface area contributed by atoms with Crippen LogP contribution in [0.15, 0.2) is 18.2 Å². The summed E-state index contributed by atoms with van der Waals surface area (Å²) in [6, 6.07) is 4.28. The largest absolute Gasteiger partial charge is 0.504 e. The normalized spacial score (nSPS) is 33.5. The Bertz CT molecular complexity index is 938. The van der Waals surface area contributed by atoms with Crippen LogP contribution < -0.4 is 0 Å². The predicted octanol–water partition coefficient (Wildman–Crippen LogP) is -0.822. The highest BCUT2D eigenvalue weighted by molar-refractivity contribution is 5.75. The van der Waals surface area contributed by atoms with E-state index in [-0.39, 0.29) is 37.6 Å². The standard InChI is InChI=1S/C25H36O13/c1-3-13-14(9-19(29)35-7-6-12-4-5-16(27)17(28)8-12)15(23(33)34-2)11-36-24(13)38-25-22(32)21(31)20(30)18(10-26)37-25/h4-5,8,13-15,18,20-22,24-28,30-32H,3,6-7,9-11H2,1-2H3/t13?,14?,15?,18-,20-,21+,22-,24?,25?/m1/s1. The molecule has 2 heterocycles. The van der Waals surface area contributed by atoms with Crippen molar-refractivity contribution in [2.45, 2.75) is 63.2 Å². The molecule has 1 aromatic carbocycles. The summed E-state index contributed by atoms with van der Waals surface area (Å²) in [6.45, 7) is 1.01. The monoisotopic (exact) mass is 544 g/mol. The summed E-state index contributed by atoms with van der Waals surface area (Å²) in [5, 5.41) is 58.9. The van der Waals surface area contributed by atoms with Gasteiger partial charge in [-0.25, -0.2) is 0 Å². The third-order valence-electron chi connectivity index (χ3n) is 7.04. The number of aliphatic hydroxyl groups excluding tert-OH is 4. The highest BCUT2D eigenvalue weighted by Crippen LogP contribution is 2.39. The molecular weight excluding hydrogens is 508 g/mol. The number of carbonyl (C=O) groups is 2. The number of benzene rings is 1. The molecule has 2 saturated heterocycles. The number of phenolic OH excluding ortho intramolecular Hbond substituents is 2. The van der Waals surface area contributed by atoms with Gasteiger partial charge in [0.2, 0.25) is 0 Å². The molecule has 2 aliphatic rings. The average molecular weight is 545 g/mol. The van der Waals surface area contributed by atoms with Gasteiger partial charge in [-0.2, -0.15) is 0 Å². The van der Waals surface area contributed by atoms with E-state index in [4.69, 9.17) is 23.7 Å². The van der Waals surface area contributed by atoms with E-state index in [9.17, 15) is 40.2 Å². The zero-order chi connectivity index (χ0) is 28.0. The summed E-state index contributed by atoms with van der Waals surface area (Å²) < 4.78 is 27.2. The van der Waals surface area contributed by atoms with E-state index in [1.54, 1.807) is 13.0 Å². The van der Waals surface area contributed by atoms with Crippen molar-refractivity contribution in [3.05, 3.63) is 23.8 Å². The number of esters is 2. The number of methoxy groups -OCH3 is 1. The zero-order valence-corrected chi connectivity index (χ0v) is 21.2. The Morgan fingerprint density at radius 2 is 1.76 bits per heavy atom. The maximum absolute atomic E-state index is 12.8. The summed E-state index contributed by atoms with van der Waals surface area (Å²) in [5.41, 5.74) is 0.644.